The summed E-state index contributed by atoms with van der Waals surface area (Å²) in [7, 11) is 0. The third-order valence-electron chi connectivity index (χ3n) is 5.80. The van der Waals surface area contributed by atoms with E-state index in [1.165, 1.54) is 6.08 Å². The number of likely N-dealkylation sites (tertiary alicyclic amines) is 1. The molecule has 0 bridgehead atoms. The van der Waals surface area contributed by atoms with Gasteiger partial charge in [-0.15, -0.1) is 0 Å². The lowest BCUT2D eigenvalue weighted by Crippen LogP contribution is -2.30. The maximum absolute atomic E-state index is 12.1. The highest BCUT2D eigenvalue weighted by Crippen LogP contribution is 2.54. The quantitative estimate of drug-likeness (QED) is 0.624. The van der Waals surface area contributed by atoms with Crippen molar-refractivity contribution >= 4 is 28.6 Å². The lowest BCUT2D eigenvalue weighted by molar-refractivity contribution is -0.125. The summed E-state index contributed by atoms with van der Waals surface area (Å²) < 4.78 is 8.22. The maximum atomic E-state index is 12.1. The maximum Gasteiger partial charge on any atom is 0.246 e. The highest BCUT2D eigenvalue weighted by atomic mass is 16.5. The second-order valence-electron chi connectivity index (χ2n) is 7.69. The number of ether oxygens (including phenoxy) is 1. The minimum absolute atomic E-state index is 0.0299. The van der Waals surface area contributed by atoms with Crippen molar-refractivity contribution in [3.8, 4) is 5.88 Å². The Morgan fingerprint density at radius 1 is 1.48 bits per heavy atom. The Balaban J connectivity index is 1.43. The minimum atomic E-state index is -0.0879. The number of fused-ring (bicyclic) bond motifs is 1. The molecular formula is C20H23N7O2. The van der Waals surface area contributed by atoms with Crippen molar-refractivity contribution in [2.24, 2.45) is 5.41 Å². The molecule has 5 rings (SSSR count). The normalized spacial score (nSPS) is 19.6. The van der Waals surface area contributed by atoms with E-state index in [1.807, 2.05) is 35.0 Å². The Morgan fingerprint density at radius 3 is 3.07 bits per heavy atom. The van der Waals surface area contributed by atoms with E-state index in [1.54, 1.807) is 6.20 Å². The van der Waals surface area contributed by atoms with Crippen LogP contribution in [0, 0.1) is 5.41 Å². The smallest absolute Gasteiger partial charge is 0.246 e. The standard InChI is InChI=1S/C20H23N7O2/c1-3-16(28)26-11-15(20(12-26)6-7-20)29-18-14-5-8-21-17(14)24-19(25-18)23-13-9-22-27(4-2)10-13/h3,5,8-10,15H,1,4,6-7,11-12H2,2H3,(H2,21,23,24,25). The Hall–Kier alpha value is -3.36. The van der Waals surface area contributed by atoms with Gasteiger partial charge in [-0.25, -0.2) is 0 Å². The first kappa shape index (κ1) is 17.7. The number of aromatic nitrogens is 5. The van der Waals surface area contributed by atoms with E-state index in [0.717, 1.165) is 30.5 Å². The van der Waals surface area contributed by atoms with Crippen LogP contribution in [0.25, 0.3) is 11.0 Å². The fourth-order valence-electron chi connectivity index (χ4n) is 3.96. The zero-order chi connectivity index (χ0) is 20.0. The van der Waals surface area contributed by atoms with Gasteiger partial charge in [-0.05, 0) is 31.9 Å². The molecule has 1 aliphatic heterocycles. The van der Waals surface area contributed by atoms with Crippen LogP contribution < -0.4 is 10.1 Å². The molecule has 3 aromatic heterocycles. The molecule has 0 radical (unpaired) electrons. The SMILES string of the molecule is C=CC(=O)N1CC(Oc2nc(Nc3cnn(CC)c3)nc3[nH]ccc23)C2(CC2)C1. The van der Waals surface area contributed by atoms with Crippen LogP contribution in [0.5, 0.6) is 5.88 Å². The number of anilines is 2. The van der Waals surface area contributed by atoms with Crippen molar-refractivity contribution in [3.63, 3.8) is 0 Å². The first-order chi connectivity index (χ1) is 14.1. The third-order valence-corrected chi connectivity index (χ3v) is 5.80. The van der Waals surface area contributed by atoms with Crippen molar-refractivity contribution in [1.82, 2.24) is 29.6 Å². The summed E-state index contributed by atoms with van der Waals surface area (Å²) in [5.74, 6) is 0.908. The first-order valence-corrected chi connectivity index (χ1v) is 9.83. The minimum Gasteiger partial charge on any atom is -0.471 e. The molecule has 0 aromatic carbocycles. The van der Waals surface area contributed by atoms with Gasteiger partial charge in [0.25, 0.3) is 0 Å². The Bertz CT molecular complexity index is 1080. The van der Waals surface area contributed by atoms with Crippen molar-refractivity contribution in [3.05, 3.63) is 37.3 Å². The molecule has 29 heavy (non-hydrogen) atoms. The molecule has 4 heterocycles. The number of H-pyrrole nitrogens is 1. The molecular weight excluding hydrogens is 370 g/mol. The molecule has 1 saturated carbocycles. The number of nitrogens with zero attached hydrogens (tertiary/aromatic N) is 5. The molecule has 2 N–H and O–H groups in total. The van der Waals surface area contributed by atoms with Crippen molar-refractivity contribution in [1.29, 1.82) is 0 Å². The Labute approximate surface area is 167 Å². The van der Waals surface area contributed by atoms with Crippen LogP contribution in [0.2, 0.25) is 0 Å². The largest absolute Gasteiger partial charge is 0.471 e. The van der Waals surface area contributed by atoms with E-state index in [0.29, 0.717) is 30.6 Å². The van der Waals surface area contributed by atoms with Gasteiger partial charge in [0.15, 0.2) is 0 Å². The van der Waals surface area contributed by atoms with E-state index in [9.17, 15) is 4.79 Å². The van der Waals surface area contributed by atoms with Crippen LogP contribution in [0.15, 0.2) is 37.3 Å². The number of rotatable bonds is 6. The molecule has 1 saturated heterocycles. The highest BCUT2D eigenvalue weighted by Gasteiger charge is 2.57. The van der Waals surface area contributed by atoms with E-state index < -0.39 is 0 Å². The molecule has 1 unspecified atom stereocenters. The monoisotopic (exact) mass is 393 g/mol. The summed E-state index contributed by atoms with van der Waals surface area (Å²) >= 11 is 0. The Kier molecular flexibility index (Phi) is 4.04. The summed E-state index contributed by atoms with van der Waals surface area (Å²) in [5.41, 5.74) is 1.54. The molecule has 150 valence electrons. The zero-order valence-corrected chi connectivity index (χ0v) is 16.3. The number of hydrogen-bond acceptors (Lipinski definition) is 6. The summed E-state index contributed by atoms with van der Waals surface area (Å²) in [6.07, 6.45) is 8.85. The molecule has 3 aromatic rings. The molecule has 9 nitrogen and oxygen atoms in total. The molecule has 1 amide bonds. The number of carbonyl (C=O) groups excluding carboxylic acids is 1. The predicted molar refractivity (Wildman–Crippen MR) is 108 cm³/mol. The summed E-state index contributed by atoms with van der Waals surface area (Å²) in [4.78, 5) is 26.2. The van der Waals surface area contributed by atoms with Gasteiger partial charge < -0.3 is 19.9 Å². The van der Waals surface area contributed by atoms with Crippen LogP contribution in [-0.4, -0.2) is 54.7 Å². The van der Waals surface area contributed by atoms with Gasteiger partial charge >= 0.3 is 0 Å². The van der Waals surface area contributed by atoms with Crippen LogP contribution >= 0.6 is 0 Å². The number of amides is 1. The number of hydrogen-bond donors (Lipinski definition) is 2. The summed E-state index contributed by atoms with van der Waals surface area (Å²) in [5, 5.41) is 8.28. The molecule has 2 fully saturated rings. The molecule has 9 heteroatoms. The van der Waals surface area contributed by atoms with E-state index in [4.69, 9.17) is 4.74 Å². The van der Waals surface area contributed by atoms with Gasteiger partial charge in [-0.1, -0.05) is 6.58 Å². The number of aryl methyl sites for hydroxylation is 1. The Morgan fingerprint density at radius 2 is 2.34 bits per heavy atom. The van der Waals surface area contributed by atoms with Gasteiger partial charge in [0.05, 0.1) is 23.8 Å². The average Bonchev–Trinajstić information content (AvgIpc) is 3.07. The van der Waals surface area contributed by atoms with Gasteiger partial charge in [-0.2, -0.15) is 15.1 Å². The van der Waals surface area contributed by atoms with Crippen LogP contribution in [-0.2, 0) is 11.3 Å². The highest BCUT2D eigenvalue weighted by molar-refractivity contribution is 5.87. The number of carbonyl (C=O) groups is 1. The summed E-state index contributed by atoms with van der Waals surface area (Å²) in [6.45, 7) is 7.68. The van der Waals surface area contributed by atoms with E-state index >= 15 is 0 Å². The van der Waals surface area contributed by atoms with Crippen LogP contribution in [0.3, 0.4) is 0 Å². The average molecular weight is 393 g/mol. The fourth-order valence-corrected chi connectivity index (χ4v) is 3.96. The van der Waals surface area contributed by atoms with E-state index in [2.05, 4.69) is 31.9 Å². The predicted octanol–water partition coefficient (Wildman–Crippen LogP) is 2.47. The van der Waals surface area contributed by atoms with Crippen molar-refractivity contribution < 1.29 is 9.53 Å². The molecule has 1 spiro atoms. The first-order valence-electron chi connectivity index (χ1n) is 9.83. The molecule has 2 aliphatic rings. The fraction of sp³-hybridized carbons (Fsp3) is 0.400. The van der Waals surface area contributed by atoms with Gasteiger partial charge in [0, 0.05) is 30.9 Å². The summed E-state index contributed by atoms with van der Waals surface area (Å²) in [6, 6.07) is 1.91. The zero-order valence-electron chi connectivity index (χ0n) is 16.3. The van der Waals surface area contributed by atoms with Gasteiger partial charge in [-0.3, -0.25) is 9.48 Å². The van der Waals surface area contributed by atoms with Crippen molar-refractivity contribution in [2.45, 2.75) is 32.4 Å². The van der Waals surface area contributed by atoms with Crippen LogP contribution in [0.4, 0.5) is 11.6 Å². The van der Waals surface area contributed by atoms with Crippen LogP contribution in [0.1, 0.15) is 19.8 Å². The van der Waals surface area contributed by atoms with E-state index in [-0.39, 0.29) is 17.4 Å². The number of nitrogens with one attached hydrogen (secondary N) is 2. The number of aromatic amines is 1. The second kappa shape index (κ2) is 6.61. The molecule has 1 aliphatic carbocycles. The topological polar surface area (TPSA) is 101 Å². The third kappa shape index (κ3) is 3.12. The van der Waals surface area contributed by atoms with Gasteiger partial charge in [0.1, 0.15) is 11.8 Å². The second-order valence-corrected chi connectivity index (χ2v) is 7.69. The molecule has 1 atom stereocenters. The van der Waals surface area contributed by atoms with Gasteiger partial charge in [0.2, 0.25) is 17.7 Å². The van der Waals surface area contributed by atoms with Crippen molar-refractivity contribution in [2.75, 3.05) is 18.4 Å². The lowest BCUT2D eigenvalue weighted by Gasteiger charge is -2.19. The lowest BCUT2D eigenvalue weighted by atomic mass is 10.0.